The molecule has 0 fully saturated rings. The second-order valence-corrected chi connectivity index (χ2v) is 44.4. The minimum absolute atomic E-state index is 0.312. The van der Waals surface area contributed by atoms with Crippen LogP contribution in [0.3, 0.4) is 0 Å². The highest BCUT2D eigenvalue weighted by Crippen LogP contribution is 2.30. The minimum atomic E-state index is -2.34. The topological polar surface area (TPSA) is 72.5 Å². The average Bonchev–Trinajstić information content (AvgIpc) is 2.64. The largest absolute Gasteiger partial charge is 0.462 e. The molecule has 0 spiro atoms. The number of ether oxygens (including phenoxy) is 1. The Morgan fingerprint density at radius 1 is 0.590 bits per heavy atom. The summed E-state index contributed by atoms with van der Waals surface area (Å²) in [7, 11) is -13.9. The van der Waals surface area contributed by atoms with Gasteiger partial charge in [-0.3, -0.25) is 0 Å². The van der Waals surface area contributed by atoms with Crippen molar-refractivity contribution in [1.82, 2.24) is 0 Å². The minimum Gasteiger partial charge on any atom is -0.462 e. The van der Waals surface area contributed by atoms with E-state index in [4.69, 9.17) is 25.6 Å². The Hall–Kier alpha value is 0.528. The van der Waals surface area contributed by atoms with Crippen LogP contribution in [0.2, 0.25) is 116 Å². The van der Waals surface area contributed by atoms with Gasteiger partial charge < -0.3 is 25.6 Å². The van der Waals surface area contributed by atoms with Gasteiger partial charge in [0.05, 0.1) is 12.8 Å². The van der Waals surface area contributed by atoms with Gasteiger partial charge in [0.25, 0.3) is 0 Å². The van der Waals surface area contributed by atoms with Crippen LogP contribution in [0.5, 0.6) is 0 Å². The van der Waals surface area contributed by atoms with Gasteiger partial charge in [0, 0.05) is 5.57 Å². The lowest BCUT2D eigenvalue weighted by Gasteiger charge is -2.41. The molecular weight excluding hydrogens is 609 g/mol. The van der Waals surface area contributed by atoms with Crippen LogP contribution in [0.15, 0.2) is 12.2 Å². The fraction of sp³-hybridized carbons (Fsp3) is 0.880. The lowest BCUT2D eigenvalue weighted by molar-refractivity contribution is -0.138. The highest BCUT2D eigenvalue weighted by atomic mass is 28.5. The summed E-state index contributed by atoms with van der Waals surface area (Å²) < 4.78 is 38.5. The van der Waals surface area contributed by atoms with Crippen LogP contribution in [0.25, 0.3) is 0 Å². The van der Waals surface area contributed by atoms with Crippen LogP contribution in [0.4, 0.5) is 0 Å². The molecule has 0 amide bonds. The summed E-state index contributed by atoms with van der Waals surface area (Å²) in [5.74, 6) is -0.312. The molecule has 0 radical (unpaired) electrons. The molecule has 0 atom stereocenters. The molecule has 7 nitrogen and oxygen atoms in total. The maximum Gasteiger partial charge on any atom is 0.333 e. The van der Waals surface area contributed by atoms with Crippen molar-refractivity contribution in [2.24, 2.45) is 0 Å². The lowest BCUT2D eigenvalue weighted by atomic mass is 10.4. The van der Waals surface area contributed by atoms with Gasteiger partial charge in [-0.1, -0.05) is 6.58 Å². The molecular formula is C25H62O7Si7. The number of hydrogen-bond donors (Lipinski definition) is 0. The zero-order chi connectivity index (χ0) is 31.1. The maximum absolute atomic E-state index is 11.6. The smallest absolute Gasteiger partial charge is 0.333 e. The van der Waals surface area contributed by atoms with Crippen LogP contribution >= 0.6 is 0 Å². The van der Waals surface area contributed by atoms with Crippen molar-refractivity contribution >= 4 is 64.7 Å². The van der Waals surface area contributed by atoms with E-state index in [2.05, 4.69) is 105 Å². The number of hydrogen-bond acceptors (Lipinski definition) is 7. The van der Waals surface area contributed by atoms with E-state index in [1.54, 1.807) is 6.92 Å². The Labute approximate surface area is 248 Å². The van der Waals surface area contributed by atoms with Crippen molar-refractivity contribution in [3.63, 3.8) is 0 Å². The highest BCUT2D eigenvalue weighted by Gasteiger charge is 2.43. The van der Waals surface area contributed by atoms with E-state index >= 15 is 0 Å². The van der Waals surface area contributed by atoms with Crippen LogP contribution in [0.1, 0.15) is 13.3 Å². The summed E-state index contributed by atoms with van der Waals surface area (Å²) in [6, 6.07) is 3.12. The molecule has 0 aliphatic carbocycles. The predicted molar refractivity (Wildman–Crippen MR) is 183 cm³/mol. The molecule has 0 aromatic rings. The Balaban J connectivity index is 4.90. The standard InChI is InChI=1S/C25H62O7Si7/c1-24(2)25(26)27-19-18-20-34(6,7)30-35(8,9)21-22-36(10,11)31-39(16,17)32-37(12,13)23-28-38(14,15)29-33(3,4)5/h1,18-23H2,2-17H3. The molecule has 0 aliphatic rings. The van der Waals surface area contributed by atoms with E-state index in [1.165, 1.54) is 0 Å². The Morgan fingerprint density at radius 3 is 1.49 bits per heavy atom. The van der Waals surface area contributed by atoms with Crippen molar-refractivity contribution in [2.45, 2.75) is 130 Å². The quantitative estimate of drug-likeness (QED) is 0.0594. The molecule has 0 unspecified atom stereocenters. The van der Waals surface area contributed by atoms with Gasteiger partial charge in [0.15, 0.2) is 41.6 Å². The average molecular weight is 671 g/mol. The number of carbonyl (C=O) groups excluding carboxylic acids is 1. The van der Waals surface area contributed by atoms with Crippen molar-refractivity contribution in [2.75, 3.05) is 12.8 Å². The van der Waals surface area contributed by atoms with E-state index in [-0.39, 0.29) is 5.97 Å². The molecule has 0 bridgehead atoms. The van der Waals surface area contributed by atoms with Crippen molar-refractivity contribution in [3.05, 3.63) is 12.2 Å². The van der Waals surface area contributed by atoms with E-state index < -0.39 is 58.7 Å². The monoisotopic (exact) mass is 670 g/mol. The first-order chi connectivity index (χ1) is 17.1. The van der Waals surface area contributed by atoms with Crippen LogP contribution in [0, 0.1) is 0 Å². The molecule has 0 N–H and O–H groups in total. The fourth-order valence-corrected chi connectivity index (χ4v) is 38.1. The zero-order valence-electron chi connectivity index (χ0n) is 28.3. The van der Waals surface area contributed by atoms with E-state index in [1.807, 2.05) is 0 Å². The Bertz CT molecular complexity index is 807. The zero-order valence-corrected chi connectivity index (χ0v) is 35.3. The summed E-state index contributed by atoms with van der Waals surface area (Å²) in [5.41, 5.74) is 0.443. The van der Waals surface area contributed by atoms with Gasteiger partial charge >= 0.3 is 23.1 Å². The first kappa shape index (κ1) is 39.5. The SMILES string of the molecule is C=C(C)C(=O)OCCC[Si](C)(C)O[Si](C)(C)CC[Si](C)(C)O[Si](C)(C)O[Si](C)(C)CO[Si](C)(C)O[Si](C)(C)C. The molecule has 232 valence electrons. The summed E-state index contributed by atoms with van der Waals surface area (Å²) >= 11 is 0. The highest BCUT2D eigenvalue weighted by molar-refractivity contribution is 6.89. The van der Waals surface area contributed by atoms with E-state index in [9.17, 15) is 4.79 Å². The van der Waals surface area contributed by atoms with Crippen LogP contribution in [-0.4, -0.2) is 77.5 Å². The van der Waals surface area contributed by atoms with Crippen molar-refractivity contribution < 1.29 is 30.4 Å². The Morgan fingerprint density at radius 2 is 1.03 bits per heavy atom. The van der Waals surface area contributed by atoms with Gasteiger partial charge in [-0.05, 0) is 130 Å². The lowest BCUT2D eigenvalue weighted by Crippen LogP contribution is -2.56. The summed E-state index contributed by atoms with van der Waals surface area (Å²) in [5, 5.41) is 0. The van der Waals surface area contributed by atoms with E-state index in [0.717, 1.165) is 24.6 Å². The van der Waals surface area contributed by atoms with Gasteiger partial charge in [0.1, 0.15) is 0 Å². The first-order valence-electron chi connectivity index (χ1n) is 14.3. The normalized spacial score (nSPS) is 14.5. The van der Waals surface area contributed by atoms with Gasteiger partial charge in [-0.15, -0.1) is 0 Å². The molecule has 14 heteroatoms. The van der Waals surface area contributed by atoms with Crippen molar-refractivity contribution in [3.8, 4) is 0 Å². The number of rotatable bonds is 19. The van der Waals surface area contributed by atoms with Gasteiger partial charge in [0.2, 0.25) is 0 Å². The second kappa shape index (κ2) is 14.8. The third-order valence-corrected chi connectivity index (χ3v) is 29.9. The number of esters is 1. The third kappa shape index (κ3) is 20.1. The first-order valence-corrected chi connectivity index (χ1v) is 35.8. The molecule has 0 aromatic heterocycles. The predicted octanol–water partition coefficient (Wildman–Crippen LogP) is 8.18. The summed E-state index contributed by atoms with van der Waals surface area (Å²) in [4.78, 5) is 11.6. The summed E-state index contributed by atoms with van der Waals surface area (Å²) in [6.07, 6.45) is 1.47. The third-order valence-electron chi connectivity index (χ3n) is 5.75. The summed E-state index contributed by atoms with van der Waals surface area (Å²) in [6.45, 7) is 39.3. The molecule has 0 heterocycles. The number of carbonyl (C=O) groups is 1. The molecule has 39 heavy (non-hydrogen) atoms. The molecule has 0 aromatic carbocycles. The Kier molecular flexibility index (Phi) is 15.0. The fourth-order valence-electron chi connectivity index (χ4n) is 4.78. The molecule has 0 rings (SSSR count). The maximum atomic E-state index is 11.6. The molecule has 0 aliphatic heterocycles. The van der Waals surface area contributed by atoms with Crippen molar-refractivity contribution in [1.29, 1.82) is 0 Å². The molecule has 0 saturated heterocycles. The molecule has 0 saturated carbocycles. The van der Waals surface area contributed by atoms with Gasteiger partial charge in [-0.2, -0.15) is 0 Å². The second-order valence-electron chi connectivity index (χ2n) is 15.2. The van der Waals surface area contributed by atoms with Crippen LogP contribution in [-0.2, 0) is 30.4 Å². The van der Waals surface area contributed by atoms with Crippen LogP contribution < -0.4 is 0 Å². The van der Waals surface area contributed by atoms with Gasteiger partial charge in [-0.25, -0.2) is 4.79 Å². The van der Waals surface area contributed by atoms with E-state index in [0.29, 0.717) is 18.4 Å².